The van der Waals surface area contributed by atoms with Crippen LogP contribution in [0.25, 0.3) is 0 Å². The molecular weight excluding hydrogens is 244 g/mol. The van der Waals surface area contributed by atoms with Crippen molar-refractivity contribution in [1.82, 2.24) is 20.3 Å². The van der Waals surface area contributed by atoms with Crippen LogP contribution in [0, 0.1) is 0 Å². The van der Waals surface area contributed by atoms with Gasteiger partial charge < -0.3 is 5.32 Å². The van der Waals surface area contributed by atoms with Crippen LogP contribution in [-0.4, -0.2) is 21.5 Å². The summed E-state index contributed by atoms with van der Waals surface area (Å²) in [6.45, 7) is 2.96. The number of hydrogen-bond acceptors (Lipinski definition) is 4. The van der Waals surface area contributed by atoms with E-state index in [2.05, 4.69) is 22.6 Å². The van der Waals surface area contributed by atoms with Crippen LogP contribution >= 0.6 is 22.9 Å². The first-order valence-corrected chi connectivity index (χ1v) is 6.25. The number of aromatic nitrogens is 3. The third-order valence-corrected chi connectivity index (χ3v) is 3.63. The van der Waals surface area contributed by atoms with Gasteiger partial charge in [0, 0.05) is 11.9 Å². The number of rotatable bonds is 4. The van der Waals surface area contributed by atoms with Crippen molar-refractivity contribution in [2.45, 2.75) is 13.0 Å². The van der Waals surface area contributed by atoms with Crippen molar-refractivity contribution >= 4 is 22.9 Å². The maximum Gasteiger partial charge on any atom is 0.0931 e. The van der Waals surface area contributed by atoms with Crippen molar-refractivity contribution in [1.29, 1.82) is 0 Å². The minimum absolute atomic E-state index is 0.113. The number of halogens is 1. The summed E-state index contributed by atoms with van der Waals surface area (Å²) in [6, 6.07) is 4.06. The van der Waals surface area contributed by atoms with Gasteiger partial charge in [-0.2, -0.15) is 0 Å². The van der Waals surface area contributed by atoms with Crippen LogP contribution in [0.2, 0.25) is 4.34 Å². The predicted molar refractivity (Wildman–Crippen MR) is 65.9 cm³/mol. The van der Waals surface area contributed by atoms with Gasteiger partial charge in [0.2, 0.25) is 0 Å². The van der Waals surface area contributed by atoms with Gasteiger partial charge in [-0.1, -0.05) is 23.7 Å². The fourth-order valence-electron chi connectivity index (χ4n) is 1.60. The van der Waals surface area contributed by atoms with Crippen molar-refractivity contribution in [3.05, 3.63) is 33.2 Å². The molecule has 0 aliphatic carbocycles. The summed E-state index contributed by atoms with van der Waals surface area (Å²) in [5.74, 6) is 0. The maximum absolute atomic E-state index is 5.96. The molecule has 1 unspecified atom stereocenters. The fourth-order valence-corrected chi connectivity index (χ4v) is 2.75. The Kier molecular flexibility index (Phi) is 3.58. The van der Waals surface area contributed by atoms with Crippen molar-refractivity contribution in [2.24, 2.45) is 7.05 Å². The quantitative estimate of drug-likeness (QED) is 0.912. The van der Waals surface area contributed by atoms with Gasteiger partial charge in [0.25, 0.3) is 0 Å². The molecule has 16 heavy (non-hydrogen) atoms. The zero-order valence-corrected chi connectivity index (χ0v) is 10.7. The number of nitrogens with zero attached hydrogens (tertiary/aromatic N) is 3. The van der Waals surface area contributed by atoms with Gasteiger partial charge in [0.05, 0.1) is 22.3 Å². The predicted octanol–water partition coefficient (Wildman–Crippen LogP) is 2.23. The molecule has 2 aromatic rings. The highest BCUT2D eigenvalue weighted by molar-refractivity contribution is 7.16. The Hall–Kier alpha value is -0.910. The molecule has 6 heteroatoms. The van der Waals surface area contributed by atoms with Gasteiger partial charge in [-0.15, -0.1) is 16.4 Å². The number of aryl methyl sites for hydroxylation is 1. The first kappa shape index (κ1) is 11.6. The molecule has 0 aromatic carbocycles. The Balaban J connectivity index is 2.34. The van der Waals surface area contributed by atoms with Crippen molar-refractivity contribution in [3.8, 4) is 0 Å². The van der Waals surface area contributed by atoms with Gasteiger partial charge in [0.15, 0.2) is 0 Å². The molecule has 0 saturated carbocycles. The van der Waals surface area contributed by atoms with Crippen LogP contribution < -0.4 is 5.32 Å². The Morgan fingerprint density at radius 3 is 2.88 bits per heavy atom. The molecule has 4 nitrogen and oxygen atoms in total. The largest absolute Gasteiger partial charge is 0.305 e. The van der Waals surface area contributed by atoms with Crippen molar-refractivity contribution in [2.75, 3.05) is 6.54 Å². The smallest absolute Gasteiger partial charge is 0.0931 e. The lowest BCUT2D eigenvalue weighted by Gasteiger charge is -2.15. The first-order chi connectivity index (χ1) is 7.72. The average molecular weight is 257 g/mol. The van der Waals surface area contributed by atoms with Crippen LogP contribution in [0.1, 0.15) is 23.5 Å². The molecule has 0 aliphatic rings. The second-order valence-corrected chi connectivity index (χ2v) is 5.16. The molecule has 0 radical (unpaired) electrons. The molecule has 2 aromatic heterocycles. The molecular formula is C10H13ClN4S. The van der Waals surface area contributed by atoms with E-state index < -0.39 is 0 Å². The summed E-state index contributed by atoms with van der Waals surface area (Å²) in [7, 11) is 1.89. The zero-order valence-electron chi connectivity index (χ0n) is 9.14. The Labute approximate surface area is 103 Å². The first-order valence-electron chi connectivity index (χ1n) is 5.05. The summed E-state index contributed by atoms with van der Waals surface area (Å²) in [5.41, 5.74) is 1.04. The normalized spacial score (nSPS) is 12.9. The van der Waals surface area contributed by atoms with E-state index in [0.717, 1.165) is 16.6 Å². The van der Waals surface area contributed by atoms with Crippen LogP contribution in [0.4, 0.5) is 0 Å². The number of thiophene rings is 1. The van der Waals surface area contributed by atoms with E-state index in [-0.39, 0.29) is 6.04 Å². The summed E-state index contributed by atoms with van der Waals surface area (Å²) >= 11 is 7.54. The summed E-state index contributed by atoms with van der Waals surface area (Å²) in [6.07, 6.45) is 1.78. The molecule has 0 spiro atoms. The van der Waals surface area contributed by atoms with Crippen molar-refractivity contribution < 1.29 is 0 Å². The van der Waals surface area contributed by atoms with Crippen LogP contribution in [0.3, 0.4) is 0 Å². The lowest BCUT2D eigenvalue weighted by Crippen LogP contribution is -2.23. The topological polar surface area (TPSA) is 42.7 Å². The monoisotopic (exact) mass is 256 g/mol. The molecule has 1 atom stereocenters. The van der Waals surface area contributed by atoms with E-state index in [0.29, 0.717) is 0 Å². The lowest BCUT2D eigenvalue weighted by atomic mass is 10.2. The molecule has 1 N–H and O–H groups in total. The molecule has 0 bridgehead atoms. The Bertz CT molecular complexity index is 465. The third kappa shape index (κ3) is 2.26. The highest BCUT2D eigenvalue weighted by Gasteiger charge is 2.18. The fraction of sp³-hybridized carbons (Fsp3) is 0.400. The minimum atomic E-state index is 0.113. The van der Waals surface area contributed by atoms with Gasteiger partial charge in [-0.3, -0.25) is 4.68 Å². The minimum Gasteiger partial charge on any atom is -0.305 e. The van der Waals surface area contributed by atoms with Gasteiger partial charge in [0.1, 0.15) is 0 Å². The highest BCUT2D eigenvalue weighted by atomic mass is 35.5. The van der Waals surface area contributed by atoms with Crippen molar-refractivity contribution in [3.63, 3.8) is 0 Å². The van der Waals surface area contributed by atoms with Crippen LogP contribution in [0.5, 0.6) is 0 Å². The average Bonchev–Trinajstić information content (AvgIpc) is 2.84. The molecule has 86 valence electrons. The summed E-state index contributed by atoms with van der Waals surface area (Å²) in [5, 5.41) is 11.3. The SMILES string of the molecule is CCNC(c1ccc(Cl)s1)c1cnnn1C. The van der Waals surface area contributed by atoms with Gasteiger partial charge in [-0.05, 0) is 18.7 Å². The van der Waals surface area contributed by atoms with Gasteiger partial charge in [-0.25, -0.2) is 0 Å². The standard InChI is InChI=1S/C10H13ClN4S/c1-3-12-10(7-6-13-14-15(7)2)8-4-5-9(11)16-8/h4-6,10,12H,3H2,1-2H3. The van der Waals surface area contributed by atoms with E-state index in [1.807, 2.05) is 19.2 Å². The molecule has 2 rings (SSSR count). The summed E-state index contributed by atoms with van der Waals surface area (Å²) in [4.78, 5) is 1.18. The van der Waals surface area contributed by atoms with Gasteiger partial charge >= 0.3 is 0 Å². The summed E-state index contributed by atoms with van der Waals surface area (Å²) < 4.78 is 2.58. The van der Waals surface area contributed by atoms with Crippen LogP contribution in [-0.2, 0) is 7.05 Å². The van der Waals surface area contributed by atoms with E-state index in [1.165, 1.54) is 4.88 Å². The number of nitrogens with one attached hydrogen (secondary N) is 1. The molecule has 0 saturated heterocycles. The lowest BCUT2D eigenvalue weighted by molar-refractivity contribution is 0.574. The molecule has 0 amide bonds. The second-order valence-electron chi connectivity index (χ2n) is 3.42. The van der Waals surface area contributed by atoms with Crippen LogP contribution in [0.15, 0.2) is 18.3 Å². The number of hydrogen-bond donors (Lipinski definition) is 1. The third-order valence-electron chi connectivity index (χ3n) is 2.33. The van der Waals surface area contributed by atoms with E-state index in [4.69, 9.17) is 11.6 Å². The zero-order chi connectivity index (χ0) is 11.5. The molecule has 0 fully saturated rings. The Morgan fingerprint density at radius 1 is 1.56 bits per heavy atom. The van der Waals surface area contributed by atoms with E-state index in [1.54, 1.807) is 22.2 Å². The molecule has 0 aliphatic heterocycles. The second kappa shape index (κ2) is 4.95. The highest BCUT2D eigenvalue weighted by Crippen LogP contribution is 2.30. The van der Waals surface area contributed by atoms with E-state index >= 15 is 0 Å². The Morgan fingerprint density at radius 2 is 2.38 bits per heavy atom. The molecule has 2 heterocycles. The van der Waals surface area contributed by atoms with E-state index in [9.17, 15) is 0 Å². The maximum atomic E-state index is 5.96.